The van der Waals surface area contributed by atoms with Crippen molar-refractivity contribution in [2.24, 2.45) is 0 Å². The summed E-state index contributed by atoms with van der Waals surface area (Å²) in [5.74, 6) is 0.164. The second-order valence-electron chi connectivity index (χ2n) is 2.97. The smallest absolute Gasteiger partial charge is 0.156 e. The van der Waals surface area contributed by atoms with Crippen molar-refractivity contribution in [3.63, 3.8) is 0 Å². The molecular formula is C9H15NO2. The van der Waals surface area contributed by atoms with Crippen LogP contribution in [0.5, 0.6) is 0 Å². The molecule has 0 radical (unpaired) electrons. The summed E-state index contributed by atoms with van der Waals surface area (Å²) in [4.78, 5) is 11.4. The second kappa shape index (κ2) is 4.38. The van der Waals surface area contributed by atoms with Gasteiger partial charge in [0.25, 0.3) is 0 Å². The maximum Gasteiger partial charge on any atom is 0.156 e. The fourth-order valence-corrected chi connectivity index (χ4v) is 1.37. The van der Waals surface area contributed by atoms with Gasteiger partial charge in [0.15, 0.2) is 5.78 Å². The number of hydrogen-bond donors (Lipinski definition) is 1. The van der Waals surface area contributed by atoms with E-state index in [4.69, 9.17) is 4.74 Å². The monoisotopic (exact) mass is 169 g/mol. The van der Waals surface area contributed by atoms with Crippen molar-refractivity contribution in [2.45, 2.75) is 25.5 Å². The molecule has 1 rings (SSSR count). The first-order valence-electron chi connectivity index (χ1n) is 4.24. The largest absolute Gasteiger partial charge is 0.375 e. The molecule has 3 heteroatoms. The van der Waals surface area contributed by atoms with E-state index in [1.165, 1.54) is 0 Å². The zero-order chi connectivity index (χ0) is 8.97. The van der Waals surface area contributed by atoms with E-state index in [0.29, 0.717) is 13.0 Å². The topological polar surface area (TPSA) is 38.3 Å². The van der Waals surface area contributed by atoms with Crippen molar-refractivity contribution < 1.29 is 9.53 Å². The highest BCUT2D eigenvalue weighted by Crippen LogP contribution is 2.06. The predicted octanol–water partition coefficient (Wildman–Crippen LogP) is 0.508. The molecule has 0 aromatic rings. The van der Waals surface area contributed by atoms with E-state index >= 15 is 0 Å². The standard InChI is InChI=1S/C9H15NO2/c1-3-4-8(11)9-7(2)12-6-5-10-9/h3,7,9-10H,1,4-6H2,2H3. The minimum atomic E-state index is -0.142. The van der Waals surface area contributed by atoms with Crippen molar-refractivity contribution in [1.82, 2.24) is 5.32 Å². The van der Waals surface area contributed by atoms with Crippen LogP contribution in [0.4, 0.5) is 0 Å². The first-order valence-corrected chi connectivity index (χ1v) is 4.24. The summed E-state index contributed by atoms with van der Waals surface area (Å²) in [7, 11) is 0. The third-order valence-corrected chi connectivity index (χ3v) is 2.01. The number of ether oxygens (including phenoxy) is 1. The Morgan fingerprint density at radius 2 is 2.58 bits per heavy atom. The van der Waals surface area contributed by atoms with Crippen LogP contribution in [0.25, 0.3) is 0 Å². The summed E-state index contributed by atoms with van der Waals surface area (Å²) in [5, 5.41) is 3.13. The van der Waals surface area contributed by atoms with E-state index in [0.717, 1.165) is 6.54 Å². The fourth-order valence-electron chi connectivity index (χ4n) is 1.37. The molecule has 68 valence electrons. The molecule has 0 aromatic heterocycles. The molecule has 0 amide bonds. The van der Waals surface area contributed by atoms with Crippen LogP contribution in [0.15, 0.2) is 12.7 Å². The lowest BCUT2D eigenvalue weighted by Crippen LogP contribution is -2.51. The second-order valence-corrected chi connectivity index (χ2v) is 2.97. The van der Waals surface area contributed by atoms with Crippen molar-refractivity contribution in [1.29, 1.82) is 0 Å². The number of allylic oxidation sites excluding steroid dienone is 1. The first kappa shape index (κ1) is 9.42. The number of rotatable bonds is 3. The molecule has 0 aliphatic carbocycles. The molecule has 12 heavy (non-hydrogen) atoms. The Labute approximate surface area is 72.8 Å². The van der Waals surface area contributed by atoms with Gasteiger partial charge in [-0.25, -0.2) is 0 Å². The van der Waals surface area contributed by atoms with Crippen molar-refractivity contribution in [2.75, 3.05) is 13.2 Å². The number of hydrogen-bond acceptors (Lipinski definition) is 3. The van der Waals surface area contributed by atoms with Gasteiger partial charge in [-0.2, -0.15) is 0 Å². The molecule has 2 atom stereocenters. The van der Waals surface area contributed by atoms with Gasteiger partial charge in [0, 0.05) is 13.0 Å². The Bertz CT molecular complexity index is 179. The highest BCUT2D eigenvalue weighted by molar-refractivity contribution is 5.85. The van der Waals surface area contributed by atoms with Crippen molar-refractivity contribution >= 4 is 5.78 Å². The molecule has 0 bridgehead atoms. The maximum absolute atomic E-state index is 11.4. The van der Waals surface area contributed by atoms with Gasteiger partial charge in [-0.15, -0.1) is 6.58 Å². The van der Waals surface area contributed by atoms with Gasteiger partial charge in [-0.05, 0) is 6.92 Å². The van der Waals surface area contributed by atoms with Crippen LogP contribution in [0.3, 0.4) is 0 Å². The quantitative estimate of drug-likeness (QED) is 0.625. The molecular weight excluding hydrogens is 154 g/mol. The van der Waals surface area contributed by atoms with Gasteiger partial charge in [0.2, 0.25) is 0 Å². The van der Waals surface area contributed by atoms with Gasteiger partial charge in [-0.1, -0.05) is 6.08 Å². The van der Waals surface area contributed by atoms with E-state index in [1.807, 2.05) is 6.92 Å². The van der Waals surface area contributed by atoms with Crippen molar-refractivity contribution in [3.8, 4) is 0 Å². The first-order chi connectivity index (χ1) is 5.75. The Kier molecular flexibility index (Phi) is 3.44. The number of ketones is 1. The molecule has 0 spiro atoms. The van der Waals surface area contributed by atoms with Crippen LogP contribution < -0.4 is 5.32 Å². The molecule has 1 N–H and O–H groups in total. The summed E-state index contributed by atoms with van der Waals surface area (Å²) in [6.45, 7) is 6.90. The number of nitrogens with one attached hydrogen (secondary N) is 1. The minimum Gasteiger partial charge on any atom is -0.375 e. The third kappa shape index (κ3) is 2.16. The van der Waals surface area contributed by atoms with Crippen LogP contribution in [-0.2, 0) is 9.53 Å². The number of carbonyl (C=O) groups is 1. The molecule has 3 nitrogen and oxygen atoms in total. The van der Waals surface area contributed by atoms with E-state index in [-0.39, 0.29) is 17.9 Å². The van der Waals surface area contributed by atoms with E-state index in [2.05, 4.69) is 11.9 Å². The third-order valence-electron chi connectivity index (χ3n) is 2.01. The summed E-state index contributed by atoms with van der Waals surface area (Å²) < 4.78 is 5.34. The van der Waals surface area contributed by atoms with E-state index in [1.54, 1.807) is 6.08 Å². The molecule has 1 fully saturated rings. The molecule has 0 saturated carbocycles. The minimum absolute atomic E-state index is 0.00815. The summed E-state index contributed by atoms with van der Waals surface area (Å²) >= 11 is 0. The van der Waals surface area contributed by atoms with Gasteiger partial charge in [-0.3, -0.25) is 4.79 Å². The molecule has 0 aromatic carbocycles. The molecule has 2 unspecified atom stereocenters. The predicted molar refractivity (Wildman–Crippen MR) is 47.0 cm³/mol. The number of morpholine rings is 1. The van der Waals surface area contributed by atoms with Crippen LogP contribution >= 0.6 is 0 Å². The van der Waals surface area contributed by atoms with Gasteiger partial charge < -0.3 is 10.1 Å². The Balaban J connectivity index is 2.47. The Morgan fingerprint density at radius 1 is 1.83 bits per heavy atom. The van der Waals surface area contributed by atoms with Crippen LogP contribution in [0.1, 0.15) is 13.3 Å². The molecule has 1 aliphatic rings. The average Bonchev–Trinajstić information content (AvgIpc) is 2.05. The Hall–Kier alpha value is -0.670. The molecule has 1 aliphatic heterocycles. The normalized spacial score (nSPS) is 29.8. The highest BCUT2D eigenvalue weighted by Gasteiger charge is 2.26. The average molecular weight is 169 g/mol. The van der Waals surface area contributed by atoms with Gasteiger partial charge in [0.1, 0.15) is 0 Å². The summed E-state index contributed by atoms with van der Waals surface area (Å²) in [6, 6.07) is -0.142. The van der Waals surface area contributed by atoms with Crippen LogP contribution in [0.2, 0.25) is 0 Å². The van der Waals surface area contributed by atoms with Gasteiger partial charge in [0.05, 0.1) is 18.8 Å². The molecule has 1 heterocycles. The lowest BCUT2D eigenvalue weighted by atomic mass is 10.0. The van der Waals surface area contributed by atoms with Gasteiger partial charge >= 0.3 is 0 Å². The lowest BCUT2D eigenvalue weighted by molar-refractivity contribution is -0.125. The number of Topliss-reactive ketones (excluding diaryl/α,β-unsaturated/α-hetero) is 1. The van der Waals surface area contributed by atoms with Crippen molar-refractivity contribution in [3.05, 3.63) is 12.7 Å². The zero-order valence-electron chi connectivity index (χ0n) is 7.38. The molecule has 1 saturated heterocycles. The zero-order valence-corrected chi connectivity index (χ0v) is 7.38. The fraction of sp³-hybridized carbons (Fsp3) is 0.667. The number of carbonyl (C=O) groups excluding carboxylic acids is 1. The Morgan fingerprint density at radius 3 is 3.17 bits per heavy atom. The summed E-state index contributed by atoms with van der Waals surface area (Å²) in [5.41, 5.74) is 0. The highest BCUT2D eigenvalue weighted by atomic mass is 16.5. The van der Waals surface area contributed by atoms with E-state index in [9.17, 15) is 4.79 Å². The lowest BCUT2D eigenvalue weighted by Gasteiger charge is -2.28. The van der Waals surface area contributed by atoms with Crippen LogP contribution in [-0.4, -0.2) is 31.1 Å². The SMILES string of the molecule is C=CCC(=O)C1NCCOC1C. The van der Waals surface area contributed by atoms with E-state index < -0.39 is 0 Å². The summed E-state index contributed by atoms with van der Waals surface area (Å²) in [6.07, 6.45) is 2.04. The maximum atomic E-state index is 11.4. The van der Waals surface area contributed by atoms with Crippen LogP contribution in [0, 0.1) is 0 Å².